The van der Waals surface area contributed by atoms with E-state index in [4.69, 9.17) is 17.3 Å². The maximum Gasteiger partial charge on any atom is 0.157 e. The summed E-state index contributed by atoms with van der Waals surface area (Å²) in [6.07, 6.45) is 1.87. The number of hydrogen-bond donors (Lipinski definition) is 2. The average Bonchev–Trinajstić information content (AvgIpc) is 2.45. The van der Waals surface area contributed by atoms with Crippen molar-refractivity contribution in [3.63, 3.8) is 0 Å². The molecule has 0 spiro atoms. The molecular formula is C9H9ClN2O. The lowest BCUT2D eigenvalue weighted by Crippen LogP contribution is -1.89. The number of aryl methyl sites for hydroxylation is 1. The highest BCUT2D eigenvalue weighted by molar-refractivity contribution is 6.37. The molecule has 2 aromatic rings. The third-order valence-electron chi connectivity index (χ3n) is 2.13. The molecular weight excluding hydrogens is 188 g/mol. The summed E-state index contributed by atoms with van der Waals surface area (Å²) in [5.41, 5.74) is 6.79. The first-order valence-corrected chi connectivity index (χ1v) is 4.21. The first kappa shape index (κ1) is 8.26. The van der Waals surface area contributed by atoms with Crippen molar-refractivity contribution in [3.8, 4) is 5.75 Å². The second-order valence-electron chi connectivity index (χ2n) is 2.99. The number of fused-ring (bicyclic) bond motifs is 1. The monoisotopic (exact) mass is 196 g/mol. The van der Waals surface area contributed by atoms with Gasteiger partial charge >= 0.3 is 0 Å². The van der Waals surface area contributed by atoms with E-state index in [-0.39, 0.29) is 5.75 Å². The Morgan fingerprint density at radius 1 is 1.54 bits per heavy atom. The molecule has 0 unspecified atom stereocenters. The summed E-state index contributed by atoms with van der Waals surface area (Å²) in [6.45, 7) is 0. The van der Waals surface area contributed by atoms with E-state index >= 15 is 0 Å². The number of aromatic hydroxyl groups is 1. The van der Waals surface area contributed by atoms with Crippen LogP contribution in [0, 0.1) is 0 Å². The van der Waals surface area contributed by atoms with Crippen LogP contribution in [0.2, 0.25) is 5.02 Å². The minimum atomic E-state index is -0.0413. The van der Waals surface area contributed by atoms with Gasteiger partial charge in [-0.25, -0.2) is 0 Å². The van der Waals surface area contributed by atoms with Gasteiger partial charge in [-0.1, -0.05) is 11.6 Å². The second kappa shape index (κ2) is 2.57. The topological polar surface area (TPSA) is 51.2 Å². The van der Waals surface area contributed by atoms with E-state index in [0.29, 0.717) is 10.7 Å². The maximum absolute atomic E-state index is 9.45. The molecule has 3 N–H and O–H groups in total. The first-order chi connectivity index (χ1) is 6.11. The van der Waals surface area contributed by atoms with Crippen LogP contribution in [0.1, 0.15) is 0 Å². The molecule has 0 bridgehead atoms. The van der Waals surface area contributed by atoms with Crippen molar-refractivity contribution in [2.75, 3.05) is 5.73 Å². The number of nitrogens with two attached hydrogens (primary N) is 1. The summed E-state index contributed by atoms with van der Waals surface area (Å²) in [5.74, 6) is -0.0413. The standard InChI is InChI=1S/C9H9ClN2O/c1-12-3-2-5-7(12)4-6(11)9(13)8(5)10/h2-4,13H,11H2,1H3. The van der Waals surface area contributed by atoms with Gasteiger partial charge in [-0.15, -0.1) is 0 Å². The minimum absolute atomic E-state index is 0.0413. The molecule has 13 heavy (non-hydrogen) atoms. The van der Waals surface area contributed by atoms with Crippen LogP contribution in [0.4, 0.5) is 5.69 Å². The molecule has 68 valence electrons. The normalized spacial score (nSPS) is 10.9. The third kappa shape index (κ3) is 1.04. The van der Waals surface area contributed by atoms with E-state index in [1.165, 1.54) is 0 Å². The fraction of sp³-hybridized carbons (Fsp3) is 0.111. The summed E-state index contributed by atoms with van der Waals surface area (Å²) < 4.78 is 1.90. The van der Waals surface area contributed by atoms with Crippen molar-refractivity contribution >= 4 is 28.2 Å². The molecule has 1 aromatic heterocycles. The van der Waals surface area contributed by atoms with E-state index in [1.54, 1.807) is 6.07 Å². The largest absolute Gasteiger partial charge is 0.504 e. The van der Waals surface area contributed by atoms with Gasteiger partial charge < -0.3 is 15.4 Å². The Bertz CT molecular complexity index is 476. The van der Waals surface area contributed by atoms with Gasteiger partial charge in [0.15, 0.2) is 5.75 Å². The number of hydrogen-bond acceptors (Lipinski definition) is 2. The predicted molar refractivity (Wildman–Crippen MR) is 54.0 cm³/mol. The Labute approximate surface area is 80.3 Å². The zero-order valence-electron chi connectivity index (χ0n) is 7.08. The average molecular weight is 197 g/mol. The zero-order valence-corrected chi connectivity index (χ0v) is 7.84. The molecule has 0 saturated carbocycles. The number of halogens is 1. The Hall–Kier alpha value is -1.35. The molecule has 0 aliphatic rings. The Kier molecular flexibility index (Phi) is 1.63. The van der Waals surface area contributed by atoms with Gasteiger partial charge in [0.2, 0.25) is 0 Å². The molecule has 0 atom stereocenters. The number of nitrogens with zero attached hydrogens (tertiary/aromatic N) is 1. The van der Waals surface area contributed by atoms with Crippen LogP contribution < -0.4 is 5.73 Å². The van der Waals surface area contributed by atoms with Crippen molar-refractivity contribution in [1.82, 2.24) is 4.57 Å². The predicted octanol–water partition coefficient (Wildman–Crippen LogP) is 2.12. The van der Waals surface area contributed by atoms with Gasteiger partial charge in [0.25, 0.3) is 0 Å². The first-order valence-electron chi connectivity index (χ1n) is 3.83. The number of aromatic nitrogens is 1. The van der Waals surface area contributed by atoms with Gasteiger partial charge in [0.05, 0.1) is 16.2 Å². The van der Waals surface area contributed by atoms with E-state index in [0.717, 1.165) is 10.9 Å². The van der Waals surface area contributed by atoms with E-state index in [9.17, 15) is 5.11 Å². The van der Waals surface area contributed by atoms with E-state index in [1.807, 2.05) is 23.9 Å². The number of anilines is 1. The highest BCUT2D eigenvalue weighted by Crippen LogP contribution is 2.37. The summed E-state index contributed by atoms with van der Waals surface area (Å²) in [7, 11) is 1.90. The van der Waals surface area contributed by atoms with Gasteiger partial charge in [0.1, 0.15) is 0 Å². The molecule has 2 rings (SSSR count). The molecule has 0 radical (unpaired) electrons. The maximum atomic E-state index is 9.45. The Balaban J connectivity index is 2.96. The number of rotatable bonds is 0. The lowest BCUT2D eigenvalue weighted by molar-refractivity contribution is 0.479. The van der Waals surface area contributed by atoms with Crippen LogP contribution in [-0.2, 0) is 7.05 Å². The lowest BCUT2D eigenvalue weighted by Gasteiger charge is -2.03. The summed E-state index contributed by atoms with van der Waals surface area (Å²) in [5, 5.41) is 10.6. The molecule has 0 saturated heterocycles. The lowest BCUT2D eigenvalue weighted by atomic mass is 10.2. The SMILES string of the molecule is Cn1ccc2c(Cl)c(O)c(N)cc21. The van der Waals surface area contributed by atoms with Crippen LogP contribution >= 0.6 is 11.6 Å². The zero-order chi connectivity index (χ0) is 9.59. The smallest absolute Gasteiger partial charge is 0.157 e. The quantitative estimate of drug-likeness (QED) is 0.501. The van der Waals surface area contributed by atoms with Crippen molar-refractivity contribution in [2.45, 2.75) is 0 Å². The summed E-state index contributed by atoms with van der Waals surface area (Å²) in [6, 6.07) is 3.55. The molecule has 0 amide bonds. The van der Waals surface area contributed by atoms with Crippen LogP contribution in [-0.4, -0.2) is 9.67 Å². The van der Waals surface area contributed by atoms with Crippen LogP contribution in [0.3, 0.4) is 0 Å². The molecule has 1 heterocycles. The van der Waals surface area contributed by atoms with E-state index in [2.05, 4.69) is 0 Å². The Morgan fingerprint density at radius 3 is 2.92 bits per heavy atom. The Morgan fingerprint density at radius 2 is 2.23 bits per heavy atom. The van der Waals surface area contributed by atoms with Crippen LogP contribution in [0.5, 0.6) is 5.75 Å². The van der Waals surface area contributed by atoms with Gasteiger partial charge in [-0.3, -0.25) is 0 Å². The third-order valence-corrected chi connectivity index (χ3v) is 2.51. The summed E-state index contributed by atoms with van der Waals surface area (Å²) in [4.78, 5) is 0. The fourth-order valence-corrected chi connectivity index (χ4v) is 1.65. The van der Waals surface area contributed by atoms with Crippen molar-refractivity contribution in [1.29, 1.82) is 0 Å². The summed E-state index contributed by atoms with van der Waals surface area (Å²) >= 11 is 5.90. The van der Waals surface area contributed by atoms with Crippen LogP contribution in [0.15, 0.2) is 18.3 Å². The molecule has 4 heteroatoms. The molecule has 3 nitrogen and oxygen atoms in total. The number of phenols is 1. The number of nitrogen functional groups attached to an aromatic ring is 1. The van der Waals surface area contributed by atoms with E-state index < -0.39 is 0 Å². The van der Waals surface area contributed by atoms with Gasteiger partial charge in [-0.2, -0.15) is 0 Å². The highest BCUT2D eigenvalue weighted by Gasteiger charge is 2.10. The highest BCUT2D eigenvalue weighted by atomic mass is 35.5. The molecule has 0 aliphatic carbocycles. The number of benzene rings is 1. The number of phenolic OH excluding ortho intramolecular Hbond substituents is 1. The van der Waals surface area contributed by atoms with Crippen molar-refractivity contribution in [3.05, 3.63) is 23.4 Å². The fourth-order valence-electron chi connectivity index (χ4n) is 1.38. The van der Waals surface area contributed by atoms with Crippen molar-refractivity contribution < 1.29 is 5.11 Å². The van der Waals surface area contributed by atoms with Gasteiger partial charge in [-0.05, 0) is 12.1 Å². The molecule has 0 fully saturated rings. The van der Waals surface area contributed by atoms with Crippen LogP contribution in [0.25, 0.3) is 10.9 Å². The second-order valence-corrected chi connectivity index (χ2v) is 3.37. The molecule has 0 aliphatic heterocycles. The van der Waals surface area contributed by atoms with Gasteiger partial charge in [0, 0.05) is 18.6 Å². The van der Waals surface area contributed by atoms with Crippen molar-refractivity contribution in [2.24, 2.45) is 7.05 Å². The molecule has 1 aromatic carbocycles. The minimum Gasteiger partial charge on any atom is -0.504 e.